The summed E-state index contributed by atoms with van der Waals surface area (Å²) in [4.78, 5) is 31.2. The molecule has 1 unspecified atom stereocenters. The largest absolute Gasteiger partial charge is 0.356 e. The molecule has 1 aliphatic heterocycles. The van der Waals surface area contributed by atoms with E-state index in [2.05, 4.69) is 15.6 Å². The van der Waals surface area contributed by atoms with Gasteiger partial charge in [-0.3, -0.25) is 9.59 Å². The van der Waals surface area contributed by atoms with Gasteiger partial charge in [-0.25, -0.2) is 4.99 Å². The van der Waals surface area contributed by atoms with Crippen LogP contribution in [0.4, 0.5) is 0 Å². The van der Waals surface area contributed by atoms with Gasteiger partial charge in [0.05, 0.1) is 0 Å². The molecular formula is C15H30IN5O2S. The highest BCUT2D eigenvalue weighted by Crippen LogP contribution is 2.10. The minimum absolute atomic E-state index is 0. The summed E-state index contributed by atoms with van der Waals surface area (Å²) in [5.74, 6) is 1.76. The lowest BCUT2D eigenvalue weighted by atomic mass is 10.3. The minimum atomic E-state index is -0.0369. The molecule has 0 aromatic rings. The molecule has 2 N–H and O–H groups in total. The Hall–Kier alpha value is -0.710. The molecule has 1 heterocycles. The van der Waals surface area contributed by atoms with Crippen LogP contribution in [0.5, 0.6) is 0 Å². The van der Waals surface area contributed by atoms with Crippen LogP contribution < -0.4 is 10.6 Å². The fourth-order valence-electron chi connectivity index (χ4n) is 2.23. The molecule has 1 rings (SSSR count). The summed E-state index contributed by atoms with van der Waals surface area (Å²) in [6, 6.07) is 0.181. The van der Waals surface area contributed by atoms with Crippen molar-refractivity contribution in [1.82, 2.24) is 20.4 Å². The number of carbonyl (C=O) groups is 2. The van der Waals surface area contributed by atoms with Crippen molar-refractivity contribution in [2.45, 2.75) is 25.8 Å². The minimum Gasteiger partial charge on any atom is -0.356 e. The van der Waals surface area contributed by atoms with Crippen molar-refractivity contribution >= 4 is 53.5 Å². The second-order valence-electron chi connectivity index (χ2n) is 5.70. The summed E-state index contributed by atoms with van der Waals surface area (Å²) in [6.07, 6.45) is 3.49. The quantitative estimate of drug-likeness (QED) is 0.246. The lowest BCUT2D eigenvalue weighted by Crippen LogP contribution is -2.46. The smallest absolute Gasteiger partial charge is 0.243 e. The van der Waals surface area contributed by atoms with Crippen molar-refractivity contribution in [3.05, 3.63) is 0 Å². The Morgan fingerprint density at radius 3 is 2.67 bits per heavy atom. The summed E-state index contributed by atoms with van der Waals surface area (Å²) in [5.41, 5.74) is 0. The van der Waals surface area contributed by atoms with Crippen molar-refractivity contribution in [2.75, 3.05) is 52.3 Å². The van der Waals surface area contributed by atoms with Crippen LogP contribution in [0, 0.1) is 0 Å². The molecule has 140 valence electrons. The summed E-state index contributed by atoms with van der Waals surface area (Å²) < 4.78 is 0. The van der Waals surface area contributed by atoms with Gasteiger partial charge in [-0.05, 0) is 12.7 Å². The van der Waals surface area contributed by atoms with E-state index in [4.69, 9.17) is 0 Å². The number of nitrogens with one attached hydrogen (secondary N) is 2. The van der Waals surface area contributed by atoms with Gasteiger partial charge in [0.1, 0.15) is 6.54 Å². The third-order valence-corrected chi connectivity index (χ3v) is 4.27. The monoisotopic (exact) mass is 471 g/mol. The number of likely N-dealkylation sites (tertiary alicyclic amines) is 1. The number of hydrogen-bond donors (Lipinski definition) is 2. The molecule has 1 saturated heterocycles. The van der Waals surface area contributed by atoms with Gasteiger partial charge in [0, 0.05) is 51.9 Å². The van der Waals surface area contributed by atoms with Gasteiger partial charge in [-0.2, -0.15) is 11.8 Å². The number of thioether (sulfide) groups is 1. The molecule has 1 aliphatic rings. The van der Waals surface area contributed by atoms with Gasteiger partial charge in [-0.15, -0.1) is 24.0 Å². The van der Waals surface area contributed by atoms with E-state index in [1.54, 1.807) is 25.9 Å². The SMILES string of the molecule is CCC(=O)N1CCC(NC(=NCC(=O)N(C)C)NCCSC)C1.I. The predicted molar refractivity (Wildman–Crippen MR) is 111 cm³/mol. The van der Waals surface area contributed by atoms with Crippen LogP contribution in [0.15, 0.2) is 4.99 Å². The van der Waals surface area contributed by atoms with Crippen molar-refractivity contribution < 1.29 is 9.59 Å². The first-order chi connectivity index (χ1) is 11.0. The topological polar surface area (TPSA) is 77.0 Å². The molecule has 0 aromatic heterocycles. The Morgan fingerprint density at radius 1 is 1.38 bits per heavy atom. The number of guanidine groups is 1. The number of likely N-dealkylation sites (N-methyl/N-ethyl adjacent to an activating group) is 1. The average Bonchev–Trinajstić information content (AvgIpc) is 2.99. The van der Waals surface area contributed by atoms with Crippen molar-refractivity contribution in [3.63, 3.8) is 0 Å². The summed E-state index contributed by atoms with van der Waals surface area (Å²) in [7, 11) is 3.44. The van der Waals surface area contributed by atoms with E-state index >= 15 is 0 Å². The van der Waals surface area contributed by atoms with Crippen LogP contribution in [0.3, 0.4) is 0 Å². The Balaban J connectivity index is 0.00000529. The van der Waals surface area contributed by atoms with Crippen LogP contribution in [-0.2, 0) is 9.59 Å². The van der Waals surface area contributed by atoms with Crippen LogP contribution >= 0.6 is 35.7 Å². The first kappa shape index (κ1) is 23.3. The number of nitrogens with zero attached hydrogens (tertiary/aromatic N) is 3. The van der Waals surface area contributed by atoms with Gasteiger partial charge in [0.2, 0.25) is 11.8 Å². The van der Waals surface area contributed by atoms with E-state index in [1.807, 2.05) is 18.1 Å². The van der Waals surface area contributed by atoms with Crippen LogP contribution in [0.25, 0.3) is 0 Å². The van der Waals surface area contributed by atoms with E-state index in [9.17, 15) is 9.59 Å². The number of halogens is 1. The number of rotatable bonds is 7. The van der Waals surface area contributed by atoms with E-state index in [0.717, 1.165) is 25.3 Å². The standard InChI is InChI=1S/C15H29N5O2S.HI/c1-5-13(21)20-8-6-12(11-20)18-15(16-7-9-23-4)17-10-14(22)19(2)3;/h12H,5-11H2,1-4H3,(H2,16,17,18);1H. The predicted octanol–water partition coefficient (Wildman–Crippen LogP) is 0.602. The van der Waals surface area contributed by atoms with Gasteiger partial charge in [0.25, 0.3) is 0 Å². The molecule has 24 heavy (non-hydrogen) atoms. The Labute approximate surface area is 166 Å². The molecule has 0 radical (unpaired) electrons. The van der Waals surface area contributed by atoms with Crippen LogP contribution in [0.1, 0.15) is 19.8 Å². The molecule has 0 saturated carbocycles. The third kappa shape index (κ3) is 8.41. The van der Waals surface area contributed by atoms with Crippen molar-refractivity contribution in [3.8, 4) is 0 Å². The molecule has 0 aliphatic carbocycles. The molecule has 0 bridgehead atoms. The number of aliphatic imine (C=N–C) groups is 1. The van der Waals surface area contributed by atoms with E-state index in [0.29, 0.717) is 18.9 Å². The Kier molecular flexibility index (Phi) is 12.3. The normalized spacial score (nSPS) is 17.2. The van der Waals surface area contributed by atoms with Gasteiger partial charge >= 0.3 is 0 Å². The maximum Gasteiger partial charge on any atom is 0.243 e. The summed E-state index contributed by atoms with van der Waals surface area (Å²) in [5, 5.41) is 6.59. The fraction of sp³-hybridized carbons (Fsp3) is 0.800. The Morgan fingerprint density at radius 2 is 2.08 bits per heavy atom. The first-order valence-electron chi connectivity index (χ1n) is 7.99. The van der Waals surface area contributed by atoms with Gasteiger partial charge in [-0.1, -0.05) is 6.92 Å². The van der Waals surface area contributed by atoms with Crippen LogP contribution in [0.2, 0.25) is 0 Å². The maximum atomic E-state index is 11.7. The zero-order valence-corrected chi connectivity index (χ0v) is 18.1. The maximum absolute atomic E-state index is 11.7. The number of hydrogen-bond acceptors (Lipinski definition) is 4. The highest BCUT2D eigenvalue weighted by Gasteiger charge is 2.25. The zero-order chi connectivity index (χ0) is 17.2. The van der Waals surface area contributed by atoms with Crippen molar-refractivity contribution in [2.24, 2.45) is 4.99 Å². The van der Waals surface area contributed by atoms with Crippen molar-refractivity contribution in [1.29, 1.82) is 0 Å². The number of carbonyl (C=O) groups excluding carboxylic acids is 2. The van der Waals surface area contributed by atoms with Gasteiger partial charge < -0.3 is 20.4 Å². The highest BCUT2D eigenvalue weighted by molar-refractivity contribution is 14.0. The molecule has 7 nitrogen and oxygen atoms in total. The molecule has 1 fully saturated rings. The van der Waals surface area contributed by atoms with E-state index in [1.165, 1.54) is 4.90 Å². The molecule has 2 amide bonds. The molecular weight excluding hydrogens is 441 g/mol. The van der Waals surface area contributed by atoms with Gasteiger partial charge in [0.15, 0.2) is 5.96 Å². The van der Waals surface area contributed by atoms with E-state index in [-0.39, 0.29) is 48.4 Å². The summed E-state index contributed by atoms with van der Waals surface area (Å²) in [6.45, 7) is 4.25. The lowest BCUT2D eigenvalue weighted by Gasteiger charge is -2.19. The fourth-order valence-corrected chi connectivity index (χ4v) is 2.54. The molecule has 0 aromatic carbocycles. The van der Waals surface area contributed by atoms with E-state index < -0.39 is 0 Å². The first-order valence-corrected chi connectivity index (χ1v) is 9.39. The Bertz CT molecular complexity index is 434. The lowest BCUT2D eigenvalue weighted by molar-refractivity contribution is -0.130. The summed E-state index contributed by atoms with van der Waals surface area (Å²) >= 11 is 1.75. The third-order valence-electron chi connectivity index (χ3n) is 3.65. The number of amides is 2. The molecule has 9 heteroatoms. The molecule has 1 atom stereocenters. The molecule has 0 spiro atoms. The second-order valence-corrected chi connectivity index (χ2v) is 6.68. The highest BCUT2D eigenvalue weighted by atomic mass is 127. The van der Waals surface area contributed by atoms with Crippen LogP contribution in [-0.4, -0.2) is 85.9 Å². The average molecular weight is 471 g/mol. The zero-order valence-electron chi connectivity index (χ0n) is 15.0. The second kappa shape index (κ2) is 12.6.